The Kier molecular flexibility index (Phi) is 3.13. The Bertz CT molecular complexity index is 586. The van der Waals surface area contributed by atoms with E-state index in [2.05, 4.69) is 36.9 Å². The summed E-state index contributed by atoms with van der Waals surface area (Å²) < 4.78 is 2.64. The Labute approximate surface area is 104 Å². The van der Waals surface area contributed by atoms with Crippen LogP contribution in [0.15, 0.2) is 35.6 Å². The van der Waals surface area contributed by atoms with E-state index in [-0.39, 0.29) is 0 Å². The van der Waals surface area contributed by atoms with E-state index in [0.717, 1.165) is 21.1 Å². The quantitative estimate of drug-likeness (QED) is 0.525. The molecular formula is C11H11BrN3P. The lowest BCUT2D eigenvalue weighted by Crippen LogP contribution is -1.91. The smallest absolute Gasteiger partial charge is 0.114 e. The van der Waals surface area contributed by atoms with Gasteiger partial charge in [0.15, 0.2) is 0 Å². The molecular weight excluding hydrogens is 285 g/mol. The molecule has 3 nitrogen and oxygen atoms in total. The normalized spacial score (nSPS) is 11.4. The molecule has 2 rings (SSSR count). The van der Waals surface area contributed by atoms with Crippen LogP contribution in [0.2, 0.25) is 0 Å². The van der Waals surface area contributed by atoms with Gasteiger partial charge in [-0.05, 0) is 31.4 Å². The van der Waals surface area contributed by atoms with Gasteiger partial charge >= 0.3 is 0 Å². The highest BCUT2D eigenvalue weighted by molar-refractivity contribution is 9.10. The molecule has 0 fully saturated rings. The van der Waals surface area contributed by atoms with Crippen LogP contribution in [-0.2, 0) is 0 Å². The van der Waals surface area contributed by atoms with Crippen molar-refractivity contribution in [1.29, 1.82) is 0 Å². The summed E-state index contributed by atoms with van der Waals surface area (Å²) in [6, 6.07) is 1.95. The lowest BCUT2D eigenvalue weighted by Gasteiger charge is -1.96. The van der Waals surface area contributed by atoms with Gasteiger partial charge in [0.05, 0.1) is 11.7 Å². The average molecular weight is 296 g/mol. The topological polar surface area (TPSA) is 43.8 Å². The minimum Gasteiger partial charge on any atom is -0.384 e. The second-order valence-corrected chi connectivity index (χ2v) is 4.62. The molecule has 0 aliphatic heterocycles. The van der Waals surface area contributed by atoms with Crippen LogP contribution < -0.4 is 5.73 Å². The second-order valence-electron chi connectivity index (χ2n) is 3.29. The summed E-state index contributed by atoms with van der Waals surface area (Å²) in [5, 5.41) is 1.06. The van der Waals surface area contributed by atoms with Crippen molar-refractivity contribution < 1.29 is 0 Å². The molecule has 2 N–H and O–H groups in total. The van der Waals surface area contributed by atoms with E-state index < -0.39 is 0 Å². The molecule has 0 aliphatic carbocycles. The highest BCUT2D eigenvalue weighted by atomic mass is 79.9. The SMILES string of the molecule is C=C/C=C\c1c(N)n(P)c2cnc(Br)cc12. The first kappa shape index (κ1) is 11.4. The molecule has 0 radical (unpaired) electrons. The van der Waals surface area contributed by atoms with Crippen LogP contribution in [0.25, 0.3) is 17.0 Å². The third-order valence-corrected chi connectivity index (χ3v) is 3.32. The maximum atomic E-state index is 6.02. The van der Waals surface area contributed by atoms with Gasteiger partial charge < -0.3 is 10.1 Å². The third-order valence-electron chi connectivity index (χ3n) is 2.33. The molecule has 1 unspecified atom stereocenters. The number of hydrogen-bond donors (Lipinski definition) is 1. The molecule has 16 heavy (non-hydrogen) atoms. The van der Waals surface area contributed by atoms with E-state index in [0.29, 0.717) is 5.82 Å². The van der Waals surface area contributed by atoms with Gasteiger partial charge in [0.1, 0.15) is 10.4 Å². The lowest BCUT2D eigenvalue weighted by molar-refractivity contribution is 1.27. The molecule has 0 bridgehead atoms. The Balaban J connectivity index is 2.80. The van der Waals surface area contributed by atoms with Crippen molar-refractivity contribution >= 4 is 48.1 Å². The summed E-state index contributed by atoms with van der Waals surface area (Å²) in [4.78, 5) is 4.19. The molecule has 0 aliphatic rings. The fourth-order valence-electron chi connectivity index (χ4n) is 1.57. The number of hydrogen-bond acceptors (Lipinski definition) is 2. The van der Waals surface area contributed by atoms with E-state index in [1.54, 1.807) is 12.3 Å². The number of halogens is 1. The first-order chi connectivity index (χ1) is 7.65. The lowest BCUT2D eigenvalue weighted by atomic mass is 10.2. The summed E-state index contributed by atoms with van der Waals surface area (Å²) in [7, 11) is 2.58. The fourth-order valence-corrected chi connectivity index (χ4v) is 2.24. The number of pyridine rings is 1. The molecule has 1 atom stereocenters. The monoisotopic (exact) mass is 295 g/mol. The van der Waals surface area contributed by atoms with Gasteiger partial charge in [-0.3, -0.25) is 0 Å². The van der Waals surface area contributed by atoms with Gasteiger partial charge in [0.2, 0.25) is 0 Å². The van der Waals surface area contributed by atoms with E-state index >= 15 is 0 Å². The number of nitrogens with zero attached hydrogens (tertiary/aromatic N) is 2. The number of allylic oxidation sites excluding steroid dienone is 2. The van der Waals surface area contributed by atoms with Crippen LogP contribution in [0.4, 0.5) is 5.82 Å². The van der Waals surface area contributed by atoms with Crippen molar-refractivity contribution in [2.75, 3.05) is 5.73 Å². The highest BCUT2D eigenvalue weighted by Gasteiger charge is 2.10. The predicted molar refractivity (Wildman–Crippen MR) is 76.2 cm³/mol. The Morgan fingerprint density at radius 1 is 1.56 bits per heavy atom. The minimum absolute atomic E-state index is 0.693. The summed E-state index contributed by atoms with van der Waals surface area (Å²) in [6.07, 6.45) is 7.32. The number of aromatic nitrogens is 2. The number of nitrogen functional groups attached to an aromatic ring is 1. The predicted octanol–water partition coefficient (Wildman–Crippen LogP) is 3.22. The van der Waals surface area contributed by atoms with Gasteiger partial charge in [-0.1, -0.05) is 24.8 Å². The van der Waals surface area contributed by atoms with Crippen molar-refractivity contribution in [3.05, 3.63) is 41.2 Å². The van der Waals surface area contributed by atoms with Crippen LogP contribution in [0.5, 0.6) is 0 Å². The van der Waals surface area contributed by atoms with Crippen molar-refractivity contribution in [2.45, 2.75) is 0 Å². The molecule has 82 valence electrons. The Morgan fingerprint density at radius 3 is 3.00 bits per heavy atom. The summed E-state index contributed by atoms with van der Waals surface area (Å²) >= 11 is 3.36. The Hall–Kier alpha value is -1.12. The zero-order valence-electron chi connectivity index (χ0n) is 8.52. The molecule has 0 aromatic carbocycles. The average Bonchev–Trinajstić information content (AvgIpc) is 2.50. The van der Waals surface area contributed by atoms with Crippen LogP contribution in [-0.4, -0.2) is 9.32 Å². The Morgan fingerprint density at radius 2 is 2.31 bits per heavy atom. The standard InChI is InChI=1S/C11H11BrN3P/c1-2-3-4-7-8-5-10(12)14-6-9(8)15(16)11(7)13/h2-6H,1,13,16H2/b4-3-. The number of fused-ring (bicyclic) bond motifs is 1. The molecule has 0 amide bonds. The first-order valence-corrected chi connectivity index (χ1v) is 5.95. The van der Waals surface area contributed by atoms with Gasteiger partial charge in [0.25, 0.3) is 0 Å². The number of nitrogens with two attached hydrogens (primary N) is 1. The summed E-state index contributed by atoms with van der Waals surface area (Å²) in [6.45, 7) is 3.65. The second kappa shape index (κ2) is 4.40. The molecule has 0 spiro atoms. The van der Waals surface area contributed by atoms with Gasteiger partial charge in [-0.25, -0.2) is 4.98 Å². The van der Waals surface area contributed by atoms with Gasteiger partial charge in [-0.2, -0.15) is 0 Å². The van der Waals surface area contributed by atoms with Crippen LogP contribution in [0.1, 0.15) is 5.56 Å². The van der Waals surface area contributed by atoms with Crippen LogP contribution in [0.3, 0.4) is 0 Å². The van der Waals surface area contributed by atoms with Crippen molar-refractivity contribution in [1.82, 2.24) is 9.32 Å². The number of rotatable bonds is 2. The van der Waals surface area contributed by atoms with Crippen molar-refractivity contribution in [3.63, 3.8) is 0 Å². The van der Waals surface area contributed by atoms with E-state index in [1.165, 1.54) is 0 Å². The number of anilines is 1. The van der Waals surface area contributed by atoms with Crippen LogP contribution in [0, 0.1) is 0 Å². The van der Waals surface area contributed by atoms with Crippen molar-refractivity contribution in [3.8, 4) is 0 Å². The van der Waals surface area contributed by atoms with E-state index in [9.17, 15) is 0 Å². The van der Waals surface area contributed by atoms with Crippen LogP contribution >= 0.6 is 25.3 Å². The summed E-state index contributed by atoms with van der Waals surface area (Å²) in [5.41, 5.74) is 7.98. The molecule has 2 aromatic rings. The van der Waals surface area contributed by atoms with E-state index in [1.807, 2.05) is 22.6 Å². The molecule has 2 aromatic heterocycles. The molecule has 0 saturated heterocycles. The maximum Gasteiger partial charge on any atom is 0.114 e. The zero-order valence-corrected chi connectivity index (χ0v) is 11.3. The largest absolute Gasteiger partial charge is 0.384 e. The molecule has 0 saturated carbocycles. The first-order valence-electron chi connectivity index (χ1n) is 4.64. The van der Waals surface area contributed by atoms with Gasteiger partial charge in [0, 0.05) is 10.9 Å². The van der Waals surface area contributed by atoms with Crippen molar-refractivity contribution in [2.24, 2.45) is 0 Å². The maximum absolute atomic E-state index is 6.02. The van der Waals surface area contributed by atoms with E-state index in [4.69, 9.17) is 5.73 Å². The minimum atomic E-state index is 0.693. The van der Waals surface area contributed by atoms with Gasteiger partial charge in [-0.15, -0.1) is 0 Å². The zero-order chi connectivity index (χ0) is 11.7. The third kappa shape index (κ3) is 1.79. The molecule has 2 heterocycles. The fraction of sp³-hybridized carbons (Fsp3) is 0. The summed E-state index contributed by atoms with van der Waals surface area (Å²) in [5.74, 6) is 0.693. The molecule has 5 heteroatoms. The highest BCUT2D eigenvalue weighted by Crippen LogP contribution is 2.32.